The zero-order chi connectivity index (χ0) is 15.5. The summed E-state index contributed by atoms with van der Waals surface area (Å²) in [6.45, 7) is 2.89. The van der Waals surface area contributed by atoms with Crippen LogP contribution in [-0.4, -0.2) is 18.0 Å². The highest BCUT2D eigenvalue weighted by molar-refractivity contribution is 7.92. The molecule has 0 amide bonds. The normalized spacial score (nSPS) is 11.6. The molecule has 0 saturated carbocycles. The highest BCUT2D eigenvalue weighted by Crippen LogP contribution is 2.20. The van der Waals surface area contributed by atoms with Gasteiger partial charge in [0.05, 0.1) is 11.9 Å². The predicted molar refractivity (Wildman–Crippen MR) is 77.6 cm³/mol. The molecule has 8 heteroatoms. The molecule has 0 aliphatic carbocycles. The highest BCUT2D eigenvalue weighted by atomic mass is 32.2. The number of anilines is 1. The van der Waals surface area contributed by atoms with Crippen LogP contribution in [0.2, 0.25) is 0 Å². The quantitative estimate of drug-likeness (QED) is 0.849. The Morgan fingerprint density at radius 1 is 1.48 bits per heavy atom. The number of aromatic nitrogens is 2. The molecule has 21 heavy (non-hydrogen) atoms. The van der Waals surface area contributed by atoms with Gasteiger partial charge in [0.1, 0.15) is 4.90 Å². The minimum atomic E-state index is -3.86. The zero-order valence-corrected chi connectivity index (χ0v) is 12.4. The first-order chi connectivity index (χ1) is 9.97. The van der Waals surface area contributed by atoms with Crippen LogP contribution < -0.4 is 10.5 Å². The Balaban J connectivity index is 2.34. The van der Waals surface area contributed by atoms with Crippen molar-refractivity contribution in [1.29, 1.82) is 0 Å². The molecular weight excluding hydrogens is 295 g/mol. The molecule has 2 rings (SSSR count). The second-order valence-corrected chi connectivity index (χ2v) is 6.21. The van der Waals surface area contributed by atoms with Gasteiger partial charge >= 0.3 is 0 Å². The molecule has 0 saturated heterocycles. The van der Waals surface area contributed by atoms with E-state index in [4.69, 9.17) is 5.73 Å². The maximum Gasteiger partial charge on any atom is 0.263 e. The lowest BCUT2D eigenvalue weighted by molar-refractivity contribution is 0.597. The molecule has 0 aromatic carbocycles. The monoisotopic (exact) mass is 312 g/mol. The lowest BCUT2D eigenvalue weighted by Crippen LogP contribution is -2.13. The van der Waals surface area contributed by atoms with Gasteiger partial charge < -0.3 is 10.3 Å². The standard InChI is InChI=1S/C13H17FN4O2S/c1-2-5-18-9-11(6-10(18)7-15)21(19,20)17-13-3-4-16-8-12(13)14/h3-4,6,8-9H,2,5,7,15H2,1H3,(H,16,17). The van der Waals surface area contributed by atoms with E-state index >= 15 is 0 Å². The van der Waals surface area contributed by atoms with Crippen LogP contribution in [0.3, 0.4) is 0 Å². The van der Waals surface area contributed by atoms with Gasteiger partial charge in [0.25, 0.3) is 10.0 Å². The fraction of sp³-hybridized carbons (Fsp3) is 0.308. The molecule has 0 fully saturated rings. The lowest BCUT2D eigenvalue weighted by Gasteiger charge is -2.06. The number of hydrogen-bond donors (Lipinski definition) is 2. The Bertz CT molecular complexity index is 728. The molecule has 2 aromatic heterocycles. The third-order valence-corrected chi connectivity index (χ3v) is 4.29. The third-order valence-electron chi connectivity index (χ3n) is 2.96. The molecule has 0 spiro atoms. The molecule has 2 heterocycles. The highest BCUT2D eigenvalue weighted by Gasteiger charge is 2.19. The summed E-state index contributed by atoms with van der Waals surface area (Å²) in [5.74, 6) is -0.729. The van der Waals surface area contributed by atoms with Crippen molar-refractivity contribution in [3.05, 3.63) is 42.2 Å². The van der Waals surface area contributed by atoms with Gasteiger partial charge in [-0.05, 0) is 18.6 Å². The van der Waals surface area contributed by atoms with Crippen LogP contribution in [0.25, 0.3) is 0 Å². The van der Waals surface area contributed by atoms with Crippen molar-refractivity contribution in [3.8, 4) is 0 Å². The van der Waals surface area contributed by atoms with Crippen LogP contribution in [0.4, 0.5) is 10.1 Å². The molecule has 0 aliphatic heterocycles. The summed E-state index contributed by atoms with van der Waals surface area (Å²) < 4.78 is 42.1. The summed E-state index contributed by atoms with van der Waals surface area (Å²) in [6.07, 6.45) is 4.63. The van der Waals surface area contributed by atoms with E-state index in [1.807, 2.05) is 6.92 Å². The Labute approximate surface area is 122 Å². The van der Waals surface area contributed by atoms with Crippen LogP contribution in [0.5, 0.6) is 0 Å². The van der Waals surface area contributed by atoms with Crippen LogP contribution in [0.1, 0.15) is 19.0 Å². The first-order valence-corrected chi connectivity index (χ1v) is 7.97. The number of pyridine rings is 1. The summed E-state index contributed by atoms with van der Waals surface area (Å²) in [4.78, 5) is 3.64. The second-order valence-electron chi connectivity index (χ2n) is 4.53. The van der Waals surface area contributed by atoms with E-state index < -0.39 is 15.8 Å². The molecule has 0 radical (unpaired) electrons. The summed E-state index contributed by atoms with van der Waals surface area (Å²) in [7, 11) is -3.86. The van der Waals surface area contributed by atoms with Gasteiger partial charge in [-0.25, -0.2) is 12.8 Å². The topological polar surface area (TPSA) is 90.0 Å². The lowest BCUT2D eigenvalue weighted by atomic mass is 10.4. The van der Waals surface area contributed by atoms with Gasteiger partial charge in [-0.1, -0.05) is 6.92 Å². The Kier molecular flexibility index (Phi) is 4.59. The van der Waals surface area contributed by atoms with Crippen LogP contribution in [-0.2, 0) is 23.1 Å². The van der Waals surface area contributed by atoms with E-state index in [9.17, 15) is 12.8 Å². The summed E-state index contributed by atoms with van der Waals surface area (Å²) >= 11 is 0. The third kappa shape index (κ3) is 3.40. The van der Waals surface area contributed by atoms with E-state index in [2.05, 4.69) is 9.71 Å². The number of hydrogen-bond acceptors (Lipinski definition) is 4. The van der Waals surface area contributed by atoms with E-state index in [1.165, 1.54) is 24.5 Å². The molecule has 0 aliphatic rings. The largest absolute Gasteiger partial charge is 0.349 e. The fourth-order valence-electron chi connectivity index (χ4n) is 1.95. The van der Waals surface area contributed by atoms with Gasteiger partial charge in [0, 0.05) is 31.2 Å². The van der Waals surface area contributed by atoms with Crippen LogP contribution in [0, 0.1) is 5.82 Å². The molecule has 0 unspecified atom stereocenters. The van der Waals surface area contributed by atoms with Crippen LogP contribution in [0.15, 0.2) is 35.6 Å². The summed E-state index contributed by atoms with van der Waals surface area (Å²) in [6, 6.07) is 2.76. The number of halogens is 1. The van der Waals surface area contributed by atoms with E-state index in [0.29, 0.717) is 12.2 Å². The van der Waals surface area contributed by atoms with Gasteiger partial charge in [0.2, 0.25) is 0 Å². The number of rotatable bonds is 6. The zero-order valence-electron chi connectivity index (χ0n) is 11.6. The minimum Gasteiger partial charge on any atom is -0.349 e. The van der Waals surface area contributed by atoms with Crippen molar-refractivity contribution < 1.29 is 12.8 Å². The summed E-state index contributed by atoms with van der Waals surface area (Å²) in [5.41, 5.74) is 6.19. The maximum absolute atomic E-state index is 13.5. The molecular formula is C13H17FN4O2S. The Hall–Kier alpha value is -1.93. The van der Waals surface area contributed by atoms with Gasteiger partial charge in [-0.15, -0.1) is 0 Å². The number of nitrogens with zero attached hydrogens (tertiary/aromatic N) is 2. The van der Waals surface area contributed by atoms with Gasteiger partial charge in [-0.2, -0.15) is 0 Å². The van der Waals surface area contributed by atoms with Crippen molar-refractivity contribution in [1.82, 2.24) is 9.55 Å². The number of nitrogens with two attached hydrogens (primary N) is 1. The van der Waals surface area contributed by atoms with Crippen molar-refractivity contribution in [2.24, 2.45) is 5.73 Å². The van der Waals surface area contributed by atoms with E-state index in [1.54, 1.807) is 4.57 Å². The average molecular weight is 312 g/mol. The van der Waals surface area contributed by atoms with Gasteiger partial charge in [0.15, 0.2) is 5.82 Å². The van der Waals surface area contributed by atoms with Crippen molar-refractivity contribution >= 4 is 15.7 Å². The maximum atomic E-state index is 13.5. The Morgan fingerprint density at radius 2 is 2.24 bits per heavy atom. The average Bonchev–Trinajstić information content (AvgIpc) is 2.86. The molecule has 2 aromatic rings. The first kappa shape index (κ1) is 15.5. The Morgan fingerprint density at radius 3 is 2.86 bits per heavy atom. The van der Waals surface area contributed by atoms with Crippen molar-refractivity contribution in [3.63, 3.8) is 0 Å². The molecule has 6 nitrogen and oxygen atoms in total. The van der Waals surface area contributed by atoms with E-state index in [-0.39, 0.29) is 17.1 Å². The molecule has 0 atom stereocenters. The van der Waals surface area contributed by atoms with Crippen molar-refractivity contribution in [2.75, 3.05) is 4.72 Å². The SMILES string of the molecule is CCCn1cc(S(=O)(=O)Nc2ccncc2F)cc1CN. The number of aryl methyl sites for hydroxylation is 1. The number of sulfonamides is 1. The summed E-state index contributed by atoms with van der Waals surface area (Å²) in [5, 5.41) is 0. The molecule has 3 N–H and O–H groups in total. The first-order valence-electron chi connectivity index (χ1n) is 6.49. The predicted octanol–water partition coefficient (Wildman–Crippen LogP) is 1.69. The molecule has 114 valence electrons. The van der Waals surface area contributed by atoms with Crippen molar-refractivity contribution in [2.45, 2.75) is 31.3 Å². The minimum absolute atomic E-state index is 0.0626. The molecule has 0 bridgehead atoms. The second kappa shape index (κ2) is 6.23. The fourth-order valence-corrected chi connectivity index (χ4v) is 3.08. The van der Waals surface area contributed by atoms with Crippen LogP contribution >= 0.6 is 0 Å². The van der Waals surface area contributed by atoms with E-state index in [0.717, 1.165) is 12.6 Å². The number of nitrogens with one attached hydrogen (secondary N) is 1. The van der Waals surface area contributed by atoms with Gasteiger partial charge in [-0.3, -0.25) is 9.71 Å². The smallest absolute Gasteiger partial charge is 0.263 e.